The lowest BCUT2D eigenvalue weighted by Gasteiger charge is -2.29. The highest BCUT2D eigenvalue weighted by atomic mass is 32.2. The van der Waals surface area contributed by atoms with Crippen molar-refractivity contribution >= 4 is 116 Å². The van der Waals surface area contributed by atoms with E-state index in [0.717, 1.165) is 20.3 Å². The molecule has 49 heteroatoms. The van der Waals surface area contributed by atoms with Crippen molar-refractivity contribution in [1.82, 2.24) is 85.1 Å². The number of carbonyl (C=O) groups is 11. The number of unbranched alkanes of at least 4 members (excludes halogenated alkanes) is 1. The fraction of sp³-hybridized carbons (Fsp3) is 0.807. The van der Waals surface area contributed by atoms with Crippen LogP contribution in [0.1, 0.15) is 132 Å². The summed E-state index contributed by atoms with van der Waals surface area (Å²) >= 11 is 0. The second kappa shape index (κ2) is 47.4. The van der Waals surface area contributed by atoms with Crippen LogP contribution in [0.5, 0.6) is 0 Å². The summed E-state index contributed by atoms with van der Waals surface area (Å²) in [6.45, 7) is 9.15. The summed E-state index contributed by atoms with van der Waals surface area (Å²) in [5.74, 6) is -19.1. The van der Waals surface area contributed by atoms with Crippen LogP contribution in [-0.4, -0.2) is 281 Å². The predicted octanol–water partition coefficient (Wildman–Crippen LogP) is -8.45. The first kappa shape index (κ1) is 97.5. The van der Waals surface area contributed by atoms with Crippen molar-refractivity contribution in [3.8, 4) is 0 Å². The molecule has 0 aromatic rings. The Morgan fingerprint density at radius 1 is 0.415 bits per heavy atom. The Labute approximate surface area is 616 Å². The zero-order valence-electron chi connectivity index (χ0n) is 60.2. The van der Waals surface area contributed by atoms with Gasteiger partial charge in [0.15, 0.2) is 0 Å². The lowest BCUT2D eigenvalue weighted by atomic mass is 9.99. The number of aliphatic hydroxyl groups is 2. The van der Waals surface area contributed by atoms with E-state index < -0.39 is 294 Å². The van der Waals surface area contributed by atoms with Crippen molar-refractivity contribution in [1.29, 1.82) is 0 Å². The van der Waals surface area contributed by atoms with Crippen LogP contribution < -0.4 is 85.1 Å². The first-order valence-corrected chi connectivity index (χ1v) is 41.9. The normalized spacial score (nSPS) is 21.3. The molecule has 11 amide bonds. The summed E-state index contributed by atoms with van der Waals surface area (Å²) in [6.07, 6.45) is -6.15. The molecule has 614 valence electrons. The summed E-state index contributed by atoms with van der Waals surface area (Å²) in [4.78, 5) is 158. The SMILES string of the molecule is CC(C)CCCCC(=O)NC(CCNCS(=O)(=O)O)C(=O)NC(C(=O)NC(CCNCS(=O)(=O)O)C(=O)NC1CCNC(=O)C(C(C)O)NC(=O)C(CCNCS(=O)(=O)O)NC(=O)C(CCNCS(=O)(=O)O)NC(=O)C(CC(C)C)NC(=O)C(CC(C)C)NC(=O)C(CCNCS(=O)(=O)O)NC1=O)C(C)O. The first-order chi connectivity index (χ1) is 48.9. The fourth-order valence-corrected chi connectivity index (χ4v) is 12.0. The van der Waals surface area contributed by atoms with Gasteiger partial charge in [0.05, 0.1) is 12.2 Å². The first-order valence-electron chi connectivity index (χ1n) is 33.8. The number of nitrogens with one attached hydrogen (secondary N) is 16. The van der Waals surface area contributed by atoms with Gasteiger partial charge < -0.3 is 95.3 Å². The van der Waals surface area contributed by atoms with E-state index in [-0.39, 0.29) is 32.2 Å². The van der Waals surface area contributed by atoms with Crippen LogP contribution in [0.25, 0.3) is 0 Å². The maximum absolute atomic E-state index is 14.9. The molecule has 23 N–H and O–H groups in total. The van der Waals surface area contributed by atoms with E-state index in [1.165, 1.54) is 0 Å². The van der Waals surface area contributed by atoms with Crippen molar-refractivity contribution in [2.75, 3.05) is 68.7 Å². The molecule has 0 radical (unpaired) electrons. The predicted molar refractivity (Wildman–Crippen MR) is 378 cm³/mol. The molecule has 0 bridgehead atoms. The number of aliphatic hydroxyl groups excluding tert-OH is 2. The molecule has 0 aliphatic carbocycles. The van der Waals surface area contributed by atoms with E-state index in [1.54, 1.807) is 27.7 Å². The van der Waals surface area contributed by atoms with Crippen molar-refractivity contribution < 1.29 is 128 Å². The second-order valence-electron chi connectivity index (χ2n) is 26.6. The lowest BCUT2D eigenvalue weighted by Crippen LogP contribution is -2.62. The molecule has 12 atom stereocenters. The highest BCUT2D eigenvalue weighted by Gasteiger charge is 2.38. The highest BCUT2D eigenvalue weighted by molar-refractivity contribution is 7.86. The van der Waals surface area contributed by atoms with Crippen LogP contribution in [0.4, 0.5) is 0 Å². The van der Waals surface area contributed by atoms with E-state index in [9.17, 15) is 128 Å². The number of rotatable bonds is 43. The minimum atomic E-state index is -4.77. The molecule has 1 aliphatic rings. The minimum Gasteiger partial charge on any atom is -0.391 e. The van der Waals surface area contributed by atoms with Gasteiger partial charge in [0.25, 0.3) is 50.6 Å². The smallest absolute Gasteiger partial charge is 0.278 e. The number of carbonyl (C=O) groups excluding carboxylic acids is 11. The zero-order chi connectivity index (χ0) is 81.1. The van der Waals surface area contributed by atoms with Gasteiger partial charge in [-0.3, -0.25) is 75.5 Å². The van der Waals surface area contributed by atoms with Gasteiger partial charge in [-0.25, -0.2) is 0 Å². The van der Waals surface area contributed by atoms with Crippen molar-refractivity contribution in [2.24, 2.45) is 17.8 Å². The van der Waals surface area contributed by atoms with Gasteiger partial charge in [0, 0.05) is 13.0 Å². The molecule has 1 fully saturated rings. The molecule has 0 aromatic carbocycles. The molecule has 1 saturated heterocycles. The monoisotopic (exact) mass is 1620 g/mol. The highest BCUT2D eigenvalue weighted by Crippen LogP contribution is 2.14. The summed E-state index contributed by atoms with van der Waals surface area (Å²) in [7, 11) is -23.5. The standard InChI is InChI=1S/C57H108N16O28S5/c1-32(2)11-9-10-12-45(76)64-37(13-19-58-27-102(87,88)89)52(81)73-47(36(8)75)57(86)69-40(16-22-61-30-105(96,97)98)49(78)67-42-18-24-63-56(85)46(35(7)74)72-53(82)41(17-23-62-31-106(99,100)101)66-48(77)38(14-20-59-28-103(90,91)92)68-54(83)43(25-33(3)4)71-55(84)44(26-34(5)6)70-51(80)39(65-50(42)79)15-21-60-29-104(93,94)95/h32-44,46-47,58-62,74-75H,9-31H2,1-8H3,(H,63,85)(H,64,76)(H,65,79)(H,66,77)(H,67,78)(H,68,83)(H,69,86)(H,70,80)(H,71,84)(H,72,82)(H,73,81)(H,87,88,89)(H,90,91,92)(H,93,94,95)(H,96,97,98)(H,99,100,101). The molecular weight excluding hydrogens is 1520 g/mol. The maximum atomic E-state index is 14.9. The minimum absolute atomic E-state index is 0.0884. The van der Waals surface area contributed by atoms with E-state index in [0.29, 0.717) is 18.8 Å². The van der Waals surface area contributed by atoms with Gasteiger partial charge >= 0.3 is 0 Å². The van der Waals surface area contributed by atoms with E-state index in [2.05, 4.69) is 85.1 Å². The number of hydrogen-bond acceptors (Lipinski definition) is 28. The Hall–Kier alpha value is -6.56. The Kier molecular flexibility index (Phi) is 43.6. The quantitative estimate of drug-likeness (QED) is 0.0199. The van der Waals surface area contributed by atoms with Gasteiger partial charge in [-0.1, -0.05) is 54.4 Å². The molecule has 0 saturated carbocycles. The third kappa shape index (κ3) is 44.7. The molecular formula is C57H108N16O28S5. The molecule has 0 aromatic heterocycles. The largest absolute Gasteiger partial charge is 0.391 e. The van der Waals surface area contributed by atoms with Gasteiger partial charge in [0.1, 0.15) is 89.8 Å². The Morgan fingerprint density at radius 2 is 0.774 bits per heavy atom. The maximum Gasteiger partial charge on any atom is 0.278 e. The third-order valence-corrected chi connectivity index (χ3v) is 18.1. The van der Waals surface area contributed by atoms with Crippen LogP contribution in [-0.2, 0) is 103 Å². The molecule has 1 aliphatic heterocycles. The summed E-state index contributed by atoms with van der Waals surface area (Å²) < 4.78 is 163. The Morgan fingerprint density at radius 3 is 1.14 bits per heavy atom. The molecule has 1 rings (SSSR count). The molecule has 44 nitrogen and oxygen atoms in total. The van der Waals surface area contributed by atoms with Crippen molar-refractivity contribution in [3.63, 3.8) is 0 Å². The van der Waals surface area contributed by atoms with Gasteiger partial charge in [-0.15, -0.1) is 0 Å². The van der Waals surface area contributed by atoms with Gasteiger partial charge in [-0.2, -0.15) is 42.1 Å². The van der Waals surface area contributed by atoms with Gasteiger partial charge in [-0.05, 0) is 122 Å². The van der Waals surface area contributed by atoms with E-state index >= 15 is 0 Å². The Balaban J connectivity index is 4.34. The van der Waals surface area contributed by atoms with Crippen molar-refractivity contribution in [3.05, 3.63) is 0 Å². The molecule has 0 spiro atoms. The molecule has 12 unspecified atom stereocenters. The van der Waals surface area contributed by atoms with Crippen LogP contribution in [0.15, 0.2) is 0 Å². The molecule has 1 heterocycles. The summed E-state index contributed by atoms with van der Waals surface area (Å²) in [5, 5.41) is 59.6. The topological polar surface area (TPSA) is 693 Å². The van der Waals surface area contributed by atoms with Crippen LogP contribution in [0, 0.1) is 17.8 Å². The molecule has 106 heavy (non-hydrogen) atoms. The number of amides is 11. The Bertz CT molecular complexity index is 3500. The third-order valence-electron chi connectivity index (χ3n) is 15.3. The summed E-state index contributed by atoms with van der Waals surface area (Å²) in [5.41, 5.74) is 0. The van der Waals surface area contributed by atoms with E-state index in [1.807, 2.05) is 13.8 Å². The zero-order valence-corrected chi connectivity index (χ0v) is 64.3. The van der Waals surface area contributed by atoms with Crippen LogP contribution in [0.2, 0.25) is 0 Å². The summed E-state index contributed by atoms with van der Waals surface area (Å²) in [6, 6.07) is -18.5. The fourth-order valence-electron chi connectivity index (χ4n) is 10.0. The van der Waals surface area contributed by atoms with Gasteiger partial charge in [0.2, 0.25) is 65.0 Å². The number of hydrogen-bond donors (Lipinski definition) is 23. The van der Waals surface area contributed by atoms with Crippen LogP contribution in [0.3, 0.4) is 0 Å². The van der Waals surface area contributed by atoms with Crippen molar-refractivity contribution in [2.45, 2.75) is 205 Å². The lowest BCUT2D eigenvalue weighted by molar-refractivity contribution is -0.137. The average Bonchev–Trinajstić information content (AvgIpc) is 0.895. The second-order valence-corrected chi connectivity index (χ2v) is 33.8. The van der Waals surface area contributed by atoms with Crippen LogP contribution >= 0.6 is 0 Å². The van der Waals surface area contributed by atoms with E-state index in [4.69, 9.17) is 0 Å². The average molecular weight is 1630 g/mol.